The van der Waals surface area contributed by atoms with Gasteiger partial charge in [0.2, 0.25) is 0 Å². The fourth-order valence-electron chi connectivity index (χ4n) is 1.31. The van der Waals surface area contributed by atoms with E-state index in [0.29, 0.717) is 0 Å². The third-order valence-electron chi connectivity index (χ3n) is 1.70. The molecule has 0 radical (unpaired) electrons. The molecule has 1 aromatic carbocycles. The highest BCUT2D eigenvalue weighted by Crippen LogP contribution is 2.24. The van der Waals surface area contributed by atoms with E-state index in [0.717, 1.165) is 35.2 Å². The zero-order valence-electron chi connectivity index (χ0n) is 8.46. The van der Waals surface area contributed by atoms with Crippen molar-refractivity contribution in [3.8, 4) is 0 Å². The molecule has 0 atom stereocenters. The average Bonchev–Trinajstić information content (AvgIpc) is 2.07. The topological polar surface area (TPSA) is 40.5 Å². The van der Waals surface area contributed by atoms with Crippen LogP contribution in [0.5, 0.6) is 0 Å². The Bertz CT molecular complexity index is 249. The van der Waals surface area contributed by atoms with Crippen molar-refractivity contribution >= 4 is 12.0 Å². The van der Waals surface area contributed by atoms with Gasteiger partial charge in [0.05, 0.1) is 0 Å². The van der Waals surface area contributed by atoms with Crippen LogP contribution < -0.4 is 0 Å². The van der Waals surface area contributed by atoms with Crippen LogP contribution >= 0.6 is 12.0 Å². The van der Waals surface area contributed by atoms with E-state index in [2.05, 4.69) is 19.1 Å². The highest BCUT2D eigenvalue weighted by atomic mass is 32.2. The van der Waals surface area contributed by atoms with Crippen LogP contribution in [-0.4, -0.2) is 16.8 Å². The molecule has 0 amide bonds. The number of hydrogen-bond donors (Lipinski definition) is 2. The minimum Gasteiger partial charge on any atom is -0.400 e. The molecular weight excluding hydrogens is 184 g/mol. The maximum Gasteiger partial charge on any atom is 0.0409 e. The quantitative estimate of drug-likeness (QED) is 0.685. The lowest BCUT2D eigenvalue weighted by Crippen LogP contribution is -1.86. The SMILES string of the molecule is CO.Cc1cc(C)c(SO)c(C)c1. The van der Waals surface area contributed by atoms with Crippen LogP contribution in [-0.2, 0) is 0 Å². The van der Waals surface area contributed by atoms with Crippen LogP contribution in [0, 0.1) is 20.8 Å². The number of aliphatic hydroxyl groups is 1. The van der Waals surface area contributed by atoms with Crippen molar-refractivity contribution in [2.75, 3.05) is 7.11 Å². The molecule has 0 heterocycles. The number of benzene rings is 1. The Hall–Kier alpha value is -0.510. The molecule has 0 saturated heterocycles. The van der Waals surface area contributed by atoms with Gasteiger partial charge in [0.25, 0.3) is 0 Å². The molecule has 74 valence electrons. The predicted molar refractivity (Wildman–Crippen MR) is 57.3 cm³/mol. The summed E-state index contributed by atoms with van der Waals surface area (Å²) in [6.07, 6.45) is 0. The number of hydrogen-bond acceptors (Lipinski definition) is 3. The molecule has 1 aromatic rings. The molecule has 0 spiro atoms. The Morgan fingerprint density at radius 3 is 1.69 bits per heavy atom. The van der Waals surface area contributed by atoms with Gasteiger partial charge in [0.15, 0.2) is 0 Å². The van der Waals surface area contributed by atoms with Crippen molar-refractivity contribution in [1.82, 2.24) is 0 Å². The first kappa shape index (κ1) is 12.5. The second-order valence-corrected chi connectivity index (χ2v) is 3.41. The third-order valence-corrected chi connectivity index (χ3v) is 2.52. The molecular formula is C10H16O2S. The van der Waals surface area contributed by atoms with E-state index in [4.69, 9.17) is 9.66 Å². The van der Waals surface area contributed by atoms with Gasteiger partial charge >= 0.3 is 0 Å². The Morgan fingerprint density at radius 1 is 1.00 bits per heavy atom. The van der Waals surface area contributed by atoms with Crippen molar-refractivity contribution in [3.05, 3.63) is 28.8 Å². The third kappa shape index (κ3) is 3.38. The van der Waals surface area contributed by atoms with Crippen molar-refractivity contribution in [2.24, 2.45) is 0 Å². The normalized spacial score (nSPS) is 9.08. The Balaban J connectivity index is 0.000000671. The van der Waals surface area contributed by atoms with Gasteiger partial charge in [-0.3, -0.25) is 0 Å². The summed E-state index contributed by atoms with van der Waals surface area (Å²) >= 11 is 0.831. The van der Waals surface area contributed by atoms with E-state index in [1.165, 1.54) is 5.56 Å². The summed E-state index contributed by atoms with van der Waals surface area (Å²) in [5.41, 5.74) is 3.54. The average molecular weight is 200 g/mol. The first-order valence-electron chi connectivity index (χ1n) is 3.99. The van der Waals surface area contributed by atoms with Gasteiger partial charge in [-0.15, -0.1) is 0 Å². The summed E-state index contributed by atoms with van der Waals surface area (Å²) in [4.78, 5) is 0.982. The van der Waals surface area contributed by atoms with Gasteiger partial charge in [-0.2, -0.15) is 0 Å². The largest absolute Gasteiger partial charge is 0.400 e. The van der Waals surface area contributed by atoms with E-state index < -0.39 is 0 Å². The van der Waals surface area contributed by atoms with Crippen molar-refractivity contribution in [1.29, 1.82) is 0 Å². The second-order valence-electron chi connectivity index (χ2n) is 2.82. The van der Waals surface area contributed by atoms with Crippen LogP contribution in [0.1, 0.15) is 16.7 Å². The van der Waals surface area contributed by atoms with E-state index in [9.17, 15) is 0 Å². The minimum absolute atomic E-state index is 0.831. The summed E-state index contributed by atoms with van der Waals surface area (Å²) in [5.74, 6) is 0. The molecule has 0 fully saturated rings. The van der Waals surface area contributed by atoms with Gasteiger partial charge in [-0.05, 0) is 31.9 Å². The predicted octanol–water partition coefficient (Wildman–Crippen LogP) is 2.79. The van der Waals surface area contributed by atoms with Crippen LogP contribution in [0.3, 0.4) is 0 Å². The molecule has 0 aliphatic carbocycles. The number of aliphatic hydroxyl groups excluding tert-OH is 1. The van der Waals surface area contributed by atoms with Gasteiger partial charge in [-0.1, -0.05) is 17.7 Å². The Labute approximate surface area is 83.8 Å². The van der Waals surface area contributed by atoms with Gasteiger partial charge in [-0.25, -0.2) is 0 Å². The molecule has 0 aliphatic rings. The Kier molecular flexibility index (Phi) is 5.79. The fourth-order valence-corrected chi connectivity index (χ4v) is 1.72. The Morgan fingerprint density at radius 2 is 1.38 bits per heavy atom. The van der Waals surface area contributed by atoms with Crippen molar-refractivity contribution in [3.63, 3.8) is 0 Å². The monoisotopic (exact) mass is 200 g/mol. The smallest absolute Gasteiger partial charge is 0.0409 e. The molecule has 1 rings (SSSR count). The van der Waals surface area contributed by atoms with Gasteiger partial charge < -0.3 is 9.66 Å². The maximum absolute atomic E-state index is 8.91. The van der Waals surface area contributed by atoms with Crippen LogP contribution in [0.15, 0.2) is 17.0 Å². The summed E-state index contributed by atoms with van der Waals surface area (Å²) in [5, 5.41) is 7.00. The first-order chi connectivity index (χ1) is 6.15. The molecule has 3 heteroatoms. The van der Waals surface area contributed by atoms with Crippen LogP contribution in [0.2, 0.25) is 0 Å². The summed E-state index contributed by atoms with van der Waals surface area (Å²) in [6.45, 7) is 6.09. The lowest BCUT2D eigenvalue weighted by molar-refractivity contribution is 0.399. The lowest BCUT2D eigenvalue weighted by atomic mass is 10.1. The summed E-state index contributed by atoms with van der Waals surface area (Å²) in [7, 11) is 1.00. The van der Waals surface area contributed by atoms with Gasteiger partial charge in [0.1, 0.15) is 0 Å². The van der Waals surface area contributed by atoms with E-state index in [1.54, 1.807) is 0 Å². The zero-order valence-corrected chi connectivity index (χ0v) is 9.27. The van der Waals surface area contributed by atoms with Crippen molar-refractivity contribution in [2.45, 2.75) is 25.7 Å². The minimum atomic E-state index is 0.831. The van der Waals surface area contributed by atoms with E-state index >= 15 is 0 Å². The molecule has 13 heavy (non-hydrogen) atoms. The fraction of sp³-hybridized carbons (Fsp3) is 0.400. The van der Waals surface area contributed by atoms with Gasteiger partial charge in [0, 0.05) is 24.0 Å². The second kappa shape index (κ2) is 6.02. The summed E-state index contributed by atoms with van der Waals surface area (Å²) < 4.78 is 8.91. The lowest BCUT2D eigenvalue weighted by Gasteiger charge is -2.06. The molecule has 0 bridgehead atoms. The maximum atomic E-state index is 8.91. The van der Waals surface area contributed by atoms with Crippen LogP contribution in [0.25, 0.3) is 0 Å². The highest BCUT2D eigenvalue weighted by molar-refractivity contribution is 7.93. The van der Waals surface area contributed by atoms with Crippen molar-refractivity contribution < 1.29 is 9.66 Å². The van der Waals surface area contributed by atoms with Crippen LogP contribution in [0.4, 0.5) is 0 Å². The van der Waals surface area contributed by atoms with E-state index in [-0.39, 0.29) is 0 Å². The standard InChI is InChI=1S/C9H12OS.CH4O/c1-6-4-7(2)9(11-10)8(3)5-6;1-2/h4-5,10H,1-3H3;2H,1H3. The molecule has 0 aromatic heterocycles. The molecule has 0 saturated carbocycles. The highest BCUT2D eigenvalue weighted by Gasteiger charge is 2.02. The molecule has 2 nitrogen and oxygen atoms in total. The summed E-state index contributed by atoms with van der Waals surface area (Å²) in [6, 6.07) is 4.15. The molecule has 0 unspecified atom stereocenters. The zero-order chi connectivity index (χ0) is 10.4. The number of aryl methyl sites for hydroxylation is 3. The number of rotatable bonds is 1. The molecule has 2 N–H and O–H groups in total. The first-order valence-corrected chi connectivity index (χ1v) is 4.76. The molecule has 0 aliphatic heterocycles. The van der Waals surface area contributed by atoms with E-state index in [1.807, 2.05) is 13.8 Å².